The quantitative estimate of drug-likeness (QED) is 0.388. The number of para-hydroxylation sites is 1. The monoisotopic (exact) mass is 480 g/mol. The van der Waals surface area contributed by atoms with Crippen LogP contribution in [0.3, 0.4) is 0 Å². The Kier molecular flexibility index (Phi) is 7.78. The second-order valence-corrected chi connectivity index (χ2v) is 7.50. The van der Waals surface area contributed by atoms with Crippen LogP contribution in [0.25, 0.3) is 0 Å². The van der Waals surface area contributed by atoms with Gasteiger partial charge in [-0.15, -0.1) is 0 Å². The Labute approximate surface area is 188 Å². The van der Waals surface area contributed by atoms with Crippen LogP contribution in [-0.4, -0.2) is 24.4 Å². The molecule has 0 unspecified atom stereocenters. The van der Waals surface area contributed by atoms with Gasteiger partial charge in [0, 0.05) is 40.1 Å². The highest BCUT2D eigenvalue weighted by Crippen LogP contribution is 2.14. The first kappa shape index (κ1) is 22.0. The first-order valence-corrected chi connectivity index (χ1v) is 10.4. The van der Waals surface area contributed by atoms with Gasteiger partial charge in [-0.3, -0.25) is 9.59 Å². The Hall–Kier alpha value is -3.65. The van der Waals surface area contributed by atoms with Crippen molar-refractivity contribution >= 4 is 50.8 Å². The van der Waals surface area contributed by atoms with E-state index in [0.29, 0.717) is 22.6 Å². The Morgan fingerprint density at radius 3 is 1.87 bits per heavy atom. The Morgan fingerprint density at radius 1 is 0.677 bits per heavy atom. The van der Waals surface area contributed by atoms with Crippen molar-refractivity contribution in [3.63, 3.8) is 0 Å². The molecular weight excluding hydrogens is 460 g/mol. The summed E-state index contributed by atoms with van der Waals surface area (Å²) in [5.41, 5.74) is 2.36. The highest BCUT2D eigenvalue weighted by Gasteiger charge is 2.08. The van der Waals surface area contributed by atoms with Gasteiger partial charge in [-0.2, -0.15) is 0 Å². The third-order valence-corrected chi connectivity index (χ3v) is 4.73. The normalized spacial score (nSPS) is 10.1. The predicted octanol–water partition coefficient (Wildman–Crippen LogP) is 4.85. The minimum absolute atomic E-state index is 0.154. The first-order valence-electron chi connectivity index (χ1n) is 9.56. The van der Waals surface area contributed by atoms with Crippen LogP contribution in [0.5, 0.6) is 0 Å². The third-order valence-electron chi connectivity index (χ3n) is 4.20. The number of rotatable bonds is 7. The van der Waals surface area contributed by atoms with Gasteiger partial charge in [0.2, 0.25) is 5.91 Å². The molecule has 3 rings (SSSR count). The lowest BCUT2D eigenvalue weighted by molar-refractivity contribution is -0.116. The van der Waals surface area contributed by atoms with Gasteiger partial charge in [-0.25, -0.2) is 4.79 Å². The number of anilines is 3. The van der Waals surface area contributed by atoms with Gasteiger partial charge < -0.3 is 21.3 Å². The number of amides is 4. The molecule has 4 N–H and O–H groups in total. The van der Waals surface area contributed by atoms with Crippen LogP contribution in [0.1, 0.15) is 16.8 Å². The second kappa shape index (κ2) is 10.9. The molecule has 0 saturated carbocycles. The Balaban J connectivity index is 1.41. The summed E-state index contributed by atoms with van der Waals surface area (Å²) in [6, 6.07) is 22.4. The van der Waals surface area contributed by atoms with Crippen molar-refractivity contribution in [2.75, 3.05) is 22.5 Å². The van der Waals surface area contributed by atoms with E-state index in [4.69, 9.17) is 0 Å². The molecule has 158 valence electrons. The summed E-state index contributed by atoms with van der Waals surface area (Å²) in [4.78, 5) is 36.2. The third kappa shape index (κ3) is 7.27. The molecule has 0 atom stereocenters. The van der Waals surface area contributed by atoms with Crippen LogP contribution < -0.4 is 21.3 Å². The summed E-state index contributed by atoms with van der Waals surface area (Å²) < 4.78 is 0.927. The molecular formula is C23H21BrN4O3. The van der Waals surface area contributed by atoms with Gasteiger partial charge in [0.25, 0.3) is 5.91 Å². The Bertz CT molecular complexity index is 1040. The topological polar surface area (TPSA) is 99.3 Å². The molecule has 0 bridgehead atoms. The molecule has 0 aliphatic rings. The van der Waals surface area contributed by atoms with Crippen molar-refractivity contribution in [1.29, 1.82) is 0 Å². The number of halogens is 1. The summed E-state index contributed by atoms with van der Waals surface area (Å²) in [5, 5.41) is 10.9. The van der Waals surface area contributed by atoms with Crippen LogP contribution in [-0.2, 0) is 4.79 Å². The van der Waals surface area contributed by atoms with Gasteiger partial charge in [0.05, 0.1) is 0 Å². The highest BCUT2D eigenvalue weighted by molar-refractivity contribution is 9.10. The van der Waals surface area contributed by atoms with Gasteiger partial charge in [-0.05, 0) is 60.7 Å². The van der Waals surface area contributed by atoms with Gasteiger partial charge >= 0.3 is 6.03 Å². The maximum atomic E-state index is 12.2. The number of nitrogens with one attached hydrogen (secondary N) is 4. The smallest absolute Gasteiger partial charge is 0.323 e. The maximum Gasteiger partial charge on any atom is 0.323 e. The number of benzene rings is 3. The molecule has 0 spiro atoms. The maximum absolute atomic E-state index is 12.2. The number of carbonyl (C=O) groups is 3. The van der Waals surface area contributed by atoms with E-state index in [9.17, 15) is 14.4 Å². The van der Waals surface area contributed by atoms with E-state index >= 15 is 0 Å². The van der Waals surface area contributed by atoms with Crippen LogP contribution in [0.2, 0.25) is 0 Å². The lowest BCUT2D eigenvalue weighted by atomic mass is 10.2. The SMILES string of the molecule is O=C(CCNC(=O)c1ccc(NC(=O)Nc2ccccc2)cc1)Nc1ccc(Br)cc1. The van der Waals surface area contributed by atoms with Crippen molar-refractivity contribution in [3.05, 3.63) is 88.9 Å². The van der Waals surface area contributed by atoms with Crippen molar-refractivity contribution < 1.29 is 14.4 Å². The summed E-state index contributed by atoms with van der Waals surface area (Å²) in [6.45, 7) is 0.209. The van der Waals surface area contributed by atoms with Crippen molar-refractivity contribution in [2.45, 2.75) is 6.42 Å². The zero-order chi connectivity index (χ0) is 22.1. The van der Waals surface area contributed by atoms with Gasteiger partial charge in [0.15, 0.2) is 0 Å². The largest absolute Gasteiger partial charge is 0.352 e. The number of urea groups is 1. The molecule has 7 nitrogen and oxygen atoms in total. The summed E-state index contributed by atoms with van der Waals surface area (Å²) >= 11 is 3.34. The van der Waals surface area contributed by atoms with Gasteiger partial charge in [0.1, 0.15) is 0 Å². The van der Waals surface area contributed by atoms with E-state index in [1.54, 1.807) is 48.5 Å². The first-order chi connectivity index (χ1) is 15.0. The molecule has 4 amide bonds. The van der Waals surface area contributed by atoms with Crippen LogP contribution in [0.15, 0.2) is 83.3 Å². The summed E-state index contributed by atoms with van der Waals surface area (Å²) in [6.07, 6.45) is 0.154. The molecule has 0 fully saturated rings. The van der Waals surface area contributed by atoms with E-state index in [1.807, 2.05) is 30.3 Å². The van der Waals surface area contributed by atoms with Crippen molar-refractivity contribution in [2.24, 2.45) is 0 Å². The number of carbonyl (C=O) groups excluding carboxylic acids is 3. The zero-order valence-electron chi connectivity index (χ0n) is 16.5. The molecule has 0 aliphatic carbocycles. The Morgan fingerprint density at radius 2 is 1.23 bits per heavy atom. The predicted molar refractivity (Wildman–Crippen MR) is 125 cm³/mol. The van der Waals surface area contributed by atoms with Crippen molar-refractivity contribution in [3.8, 4) is 0 Å². The highest BCUT2D eigenvalue weighted by atomic mass is 79.9. The summed E-state index contributed by atoms with van der Waals surface area (Å²) in [5.74, 6) is -0.483. The fraction of sp³-hybridized carbons (Fsp3) is 0.0870. The minimum Gasteiger partial charge on any atom is -0.352 e. The number of hydrogen-bond donors (Lipinski definition) is 4. The average Bonchev–Trinajstić information content (AvgIpc) is 2.76. The lowest BCUT2D eigenvalue weighted by Crippen LogP contribution is -2.27. The fourth-order valence-corrected chi connectivity index (χ4v) is 2.93. The molecule has 3 aromatic rings. The molecule has 31 heavy (non-hydrogen) atoms. The molecule has 0 aliphatic heterocycles. The molecule has 3 aromatic carbocycles. The number of hydrogen-bond acceptors (Lipinski definition) is 3. The van der Waals surface area contributed by atoms with E-state index in [2.05, 4.69) is 37.2 Å². The second-order valence-electron chi connectivity index (χ2n) is 6.58. The molecule has 0 saturated heterocycles. The molecule has 0 radical (unpaired) electrons. The fourth-order valence-electron chi connectivity index (χ4n) is 2.67. The van der Waals surface area contributed by atoms with Crippen LogP contribution >= 0.6 is 15.9 Å². The van der Waals surface area contributed by atoms with E-state index in [1.165, 1.54) is 0 Å². The summed E-state index contributed by atoms with van der Waals surface area (Å²) in [7, 11) is 0. The van der Waals surface area contributed by atoms with Crippen molar-refractivity contribution in [1.82, 2.24) is 5.32 Å². The van der Waals surface area contributed by atoms with Crippen LogP contribution in [0, 0.1) is 0 Å². The van der Waals surface area contributed by atoms with Crippen LogP contribution in [0.4, 0.5) is 21.9 Å². The van der Waals surface area contributed by atoms with Gasteiger partial charge in [-0.1, -0.05) is 34.1 Å². The molecule has 8 heteroatoms. The minimum atomic E-state index is -0.375. The van der Waals surface area contributed by atoms with E-state index in [-0.39, 0.29) is 30.8 Å². The zero-order valence-corrected chi connectivity index (χ0v) is 18.1. The molecule has 0 heterocycles. The van der Waals surface area contributed by atoms with E-state index in [0.717, 1.165) is 4.47 Å². The average molecular weight is 481 g/mol. The molecule has 0 aromatic heterocycles. The van der Waals surface area contributed by atoms with E-state index < -0.39 is 0 Å². The standard InChI is InChI=1S/C23H21BrN4O3/c24-17-8-12-19(13-9-17)26-21(29)14-15-25-22(30)16-6-10-20(11-7-16)28-23(31)27-18-4-2-1-3-5-18/h1-13H,14-15H2,(H,25,30)(H,26,29)(H2,27,28,31). The lowest BCUT2D eigenvalue weighted by Gasteiger charge is -2.09.